The second-order valence-corrected chi connectivity index (χ2v) is 3.25. The van der Waals surface area contributed by atoms with Crippen molar-refractivity contribution in [3.05, 3.63) is 34.7 Å². The molecule has 0 atom stereocenters. The van der Waals surface area contributed by atoms with Crippen LogP contribution >= 0.6 is 11.6 Å². The Morgan fingerprint density at radius 1 is 1.43 bits per heavy atom. The minimum atomic E-state index is -1.09. The van der Waals surface area contributed by atoms with Crippen molar-refractivity contribution in [1.29, 1.82) is 0 Å². The van der Waals surface area contributed by atoms with Gasteiger partial charge in [0.05, 0.1) is 5.02 Å². The predicted molar refractivity (Wildman–Crippen MR) is 50.2 cm³/mol. The SMILES string of the molecule is O=C(O)c1cc2cc(F)c(Cl)cc2[nH]1. The molecular weight excluding hydrogens is 209 g/mol. The number of aromatic carboxylic acids is 1. The molecule has 0 aliphatic carbocycles. The topological polar surface area (TPSA) is 53.1 Å². The smallest absolute Gasteiger partial charge is 0.352 e. The number of rotatable bonds is 1. The first-order valence-corrected chi connectivity index (χ1v) is 4.17. The largest absolute Gasteiger partial charge is 0.477 e. The van der Waals surface area contributed by atoms with Crippen molar-refractivity contribution in [2.24, 2.45) is 0 Å². The highest BCUT2D eigenvalue weighted by atomic mass is 35.5. The van der Waals surface area contributed by atoms with Gasteiger partial charge in [-0.15, -0.1) is 0 Å². The molecule has 14 heavy (non-hydrogen) atoms. The molecule has 0 amide bonds. The third-order valence-corrected chi connectivity index (χ3v) is 2.18. The number of halogens is 2. The number of hydrogen-bond acceptors (Lipinski definition) is 1. The monoisotopic (exact) mass is 213 g/mol. The average Bonchev–Trinajstić information content (AvgIpc) is 2.48. The van der Waals surface area contributed by atoms with Crippen molar-refractivity contribution < 1.29 is 14.3 Å². The molecule has 0 saturated carbocycles. The van der Waals surface area contributed by atoms with E-state index in [2.05, 4.69) is 4.98 Å². The number of aromatic nitrogens is 1. The summed E-state index contributed by atoms with van der Waals surface area (Å²) >= 11 is 5.53. The first kappa shape index (κ1) is 9.02. The fraction of sp³-hybridized carbons (Fsp3) is 0. The van der Waals surface area contributed by atoms with E-state index in [1.54, 1.807) is 0 Å². The molecule has 72 valence electrons. The van der Waals surface area contributed by atoms with Crippen LogP contribution in [-0.4, -0.2) is 16.1 Å². The molecule has 0 spiro atoms. The molecule has 0 saturated heterocycles. The third kappa shape index (κ3) is 1.33. The molecule has 1 aromatic carbocycles. The summed E-state index contributed by atoms with van der Waals surface area (Å²) in [5, 5.41) is 9.13. The Morgan fingerprint density at radius 3 is 2.79 bits per heavy atom. The van der Waals surface area contributed by atoms with Crippen LogP contribution in [0.25, 0.3) is 10.9 Å². The molecule has 3 nitrogen and oxygen atoms in total. The number of carboxylic acids is 1. The van der Waals surface area contributed by atoms with E-state index >= 15 is 0 Å². The molecule has 2 rings (SSSR count). The summed E-state index contributed by atoms with van der Waals surface area (Å²) in [5.74, 6) is -1.65. The lowest BCUT2D eigenvalue weighted by molar-refractivity contribution is 0.0691. The molecule has 5 heteroatoms. The number of carbonyl (C=O) groups is 1. The minimum absolute atomic E-state index is 0.0154. The van der Waals surface area contributed by atoms with Crippen molar-refractivity contribution >= 4 is 28.5 Å². The van der Waals surface area contributed by atoms with Crippen LogP contribution in [0.4, 0.5) is 4.39 Å². The molecular formula is C9H5ClFNO2. The predicted octanol–water partition coefficient (Wildman–Crippen LogP) is 2.66. The van der Waals surface area contributed by atoms with Gasteiger partial charge in [0.2, 0.25) is 0 Å². The van der Waals surface area contributed by atoms with Crippen molar-refractivity contribution in [3.63, 3.8) is 0 Å². The normalized spacial score (nSPS) is 10.7. The summed E-state index contributed by atoms with van der Waals surface area (Å²) in [4.78, 5) is 13.2. The maximum Gasteiger partial charge on any atom is 0.352 e. The molecule has 0 bridgehead atoms. The Kier molecular flexibility index (Phi) is 1.93. The van der Waals surface area contributed by atoms with Crippen LogP contribution in [-0.2, 0) is 0 Å². The molecule has 0 radical (unpaired) electrons. The molecule has 0 unspecified atom stereocenters. The summed E-state index contributed by atoms with van der Waals surface area (Å²) in [6, 6.07) is 3.91. The highest BCUT2D eigenvalue weighted by Crippen LogP contribution is 2.23. The average molecular weight is 214 g/mol. The highest BCUT2D eigenvalue weighted by Gasteiger charge is 2.09. The summed E-state index contributed by atoms with van der Waals surface area (Å²) in [6.07, 6.45) is 0. The molecule has 0 aliphatic rings. The summed E-state index contributed by atoms with van der Waals surface area (Å²) in [6.45, 7) is 0. The standard InChI is InChI=1S/C9H5ClFNO2/c10-5-3-7-4(1-6(5)11)2-8(12-7)9(13)14/h1-3,12H,(H,13,14). The number of carboxylic acid groups (broad SMARTS) is 1. The Bertz CT molecular complexity index is 482. The van der Waals surface area contributed by atoms with E-state index < -0.39 is 11.8 Å². The number of H-pyrrole nitrogens is 1. The Balaban J connectivity index is 2.72. The van der Waals surface area contributed by atoms with Crippen LogP contribution in [0.2, 0.25) is 5.02 Å². The molecule has 0 fully saturated rings. The zero-order valence-electron chi connectivity index (χ0n) is 6.84. The van der Waals surface area contributed by atoms with E-state index in [-0.39, 0.29) is 10.7 Å². The third-order valence-electron chi connectivity index (χ3n) is 1.89. The summed E-state index contributed by atoms with van der Waals surface area (Å²) < 4.78 is 13.0. The van der Waals surface area contributed by atoms with Crippen molar-refractivity contribution in [2.45, 2.75) is 0 Å². The fourth-order valence-electron chi connectivity index (χ4n) is 1.24. The molecule has 1 heterocycles. The van der Waals surface area contributed by atoms with Gasteiger partial charge in [-0.1, -0.05) is 11.6 Å². The van der Waals surface area contributed by atoms with Crippen LogP contribution in [0.1, 0.15) is 10.5 Å². The summed E-state index contributed by atoms with van der Waals surface area (Å²) in [7, 11) is 0. The Morgan fingerprint density at radius 2 is 2.14 bits per heavy atom. The van der Waals surface area contributed by atoms with Crippen LogP contribution < -0.4 is 0 Å². The zero-order chi connectivity index (χ0) is 10.3. The number of aromatic amines is 1. The van der Waals surface area contributed by atoms with Gasteiger partial charge >= 0.3 is 5.97 Å². The van der Waals surface area contributed by atoms with E-state index in [1.807, 2.05) is 0 Å². The van der Waals surface area contributed by atoms with Crippen LogP contribution in [0.5, 0.6) is 0 Å². The second-order valence-electron chi connectivity index (χ2n) is 2.84. The van der Waals surface area contributed by atoms with E-state index in [0.29, 0.717) is 10.9 Å². The number of fused-ring (bicyclic) bond motifs is 1. The van der Waals surface area contributed by atoms with E-state index in [4.69, 9.17) is 16.7 Å². The van der Waals surface area contributed by atoms with Gasteiger partial charge in [-0.25, -0.2) is 9.18 Å². The van der Waals surface area contributed by atoms with Gasteiger partial charge in [-0.05, 0) is 18.2 Å². The quantitative estimate of drug-likeness (QED) is 0.765. The minimum Gasteiger partial charge on any atom is -0.477 e. The Hall–Kier alpha value is -1.55. The lowest BCUT2D eigenvalue weighted by atomic mass is 10.2. The van der Waals surface area contributed by atoms with E-state index in [1.165, 1.54) is 18.2 Å². The highest BCUT2D eigenvalue weighted by molar-refractivity contribution is 6.31. The van der Waals surface area contributed by atoms with Gasteiger partial charge in [-0.2, -0.15) is 0 Å². The maximum atomic E-state index is 13.0. The van der Waals surface area contributed by atoms with Gasteiger partial charge in [0, 0.05) is 10.9 Å². The van der Waals surface area contributed by atoms with Crippen LogP contribution in [0, 0.1) is 5.82 Å². The van der Waals surface area contributed by atoms with E-state index in [0.717, 1.165) is 0 Å². The van der Waals surface area contributed by atoms with Gasteiger partial charge < -0.3 is 10.1 Å². The molecule has 0 aliphatic heterocycles. The van der Waals surface area contributed by atoms with Gasteiger partial charge in [0.1, 0.15) is 11.5 Å². The van der Waals surface area contributed by atoms with E-state index in [9.17, 15) is 9.18 Å². The Labute approximate surface area is 83.1 Å². The van der Waals surface area contributed by atoms with Crippen LogP contribution in [0.3, 0.4) is 0 Å². The van der Waals surface area contributed by atoms with Crippen molar-refractivity contribution in [1.82, 2.24) is 4.98 Å². The van der Waals surface area contributed by atoms with Gasteiger partial charge in [0.15, 0.2) is 0 Å². The number of hydrogen-bond donors (Lipinski definition) is 2. The lowest BCUT2D eigenvalue weighted by Gasteiger charge is -1.93. The van der Waals surface area contributed by atoms with Gasteiger partial charge in [0.25, 0.3) is 0 Å². The summed E-state index contributed by atoms with van der Waals surface area (Å²) in [5.41, 5.74) is 0.524. The van der Waals surface area contributed by atoms with Crippen LogP contribution in [0.15, 0.2) is 18.2 Å². The van der Waals surface area contributed by atoms with Gasteiger partial charge in [-0.3, -0.25) is 0 Å². The fourth-order valence-corrected chi connectivity index (χ4v) is 1.41. The maximum absolute atomic E-state index is 13.0. The second kappa shape index (κ2) is 2.99. The van der Waals surface area contributed by atoms with Crippen molar-refractivity contribution in [2.75, 3.05) is 0 Å². The van der Waals surface area contributed by atoms with Crippen molar-refractivity contribution in [3.8, 4) is 0 Å². The first-order valence-electron chi connectivity index (χ1n) is 3.79. The molecule has 1 aromatic heterocycles. The molecule has 2 N–H and O–H groups in total. The first-order chi connectivity index (χ1) is 6.58. The number of nitrogens with one attached hydrogen (secondary N) is 1. The zero-order valence-corrected chi connectivity index (χ0v) is 7.60. The lowest BCUT2D eigenvalue weighted by Crippen LogP contribution is -1.94. The molecule has 2 aromatic rings. The number of benzene rings is 1.